The number of nitrogens with one attached hydrogen (secondary N) is 1. The number of anilines is 1. The number of rotatable bonds is 4. The molecule has 0 bridgehead atoms. The van der Waals surface area contributed by atoms with Crippen LogP contribution in [0.25, 0.3) is 0 Å². The van der Waals surface area contributed by atoms with E-state index in [-0.39, 0.29) is 0 Å². The van der Waals surface area contributed by atoms with Crippen LogP contribution in [-0.4, -0.2) is 9.97 Å². The quantitative estimate of drug-likeness (QED) is 0.925. The maximum atomic E-state index is 4.42. The molecule has 0 atom stereocenters. The summed E-state index contributed by atoms with van der Waals surface area (Å²) in [6, 6.07) is 4.43. The molecule has 0 fully saturated rings. The average molecular weight is 273 g/mol. The Morgan fingerprint density at radius 1 is 1.16 bits per heavy atom. The summed E-state index contributed by atoms with van der Waals surface area (Å²) >= 11 is 1.88. The number of aromatic nitrogens is 2. The van der Waals surface area contributed by atoms with Gasteiger partial charge in [0.1, 0.15) is 12.1 Å². The molecule has 3 nitrogen and oxygen atoms in total. The Hall–Kier alpha value is -1.42. The van der Waals surface area contributed by atoms with Crippen molar-refractivity contribution in [3.8, 4) is 0 Å². The Bertz CT molecular complexity index is 562. The van der Waals surface area contributed by atoms with Crippen molar-refractivity contribution in [2.75, 3.05) is 5.32 Å². The second kappa shape index (κ2) is 5.70. The molecule has 0 aromatic carbocycles. The van der Waals surface area contributed by atoms with Crippen molar-refractivity contribution in [2.24, 2.45) is 0 Å². The van der Waals surface area contributed by atoms with E-state index in [1.807, 2.05) is 11.3 Å². The van der Waals surface area contributed by atoms with Gasteiger partial charge in [-0.1, -0.05) is 6.92 Å². The van der Waals surface area contributed by atoms with Gasteiger partial charge in [-0.05, 0) is 44.2 Å². The van der Waals surface area contributed by atoms with E-state index >= 15 is 0 Å². The summed E-state index contributed by atoms with van der Waals surface area (Å²) in [6.07, 6.45) is 7.54. The van der Waals surface area contributed by atoms with Gasteiger partial charge < -0.3 is 5.32 Å². The first-order chi connectivity index (χ1) is 9.36. The number of hydrogen-bond acceptors (Lipinski definition) is 4. The van der Waals surface area contributed by atoms with Crippen molar-refractivity contribution in [3.63, 3.8) is 0 Å². The largest absolute Gasteiger partial charge is 0.365 e. The highest BCUT2D eigenvalue weighted by Crippen LogP contribution is 2.25. The van der Waals surface area contributed by atoms with Crippen molar-refractivity contribution in [2.45, 2.75) is 45.6 Å². The molecule has 4 heteroatoms. The molecule has 1 aliphatic rings. The van der Waals surface area contributed by atoms with Crippen molar-refractivity contribution in [1.82, 2.24) is 9.97 Å². The molecule has 2 heterocycles. The van der Waals surface area contributed by atoms with E-state index in [1.165, 1.54) is 33.9 Å². The molecule has 2 aromatic heterocycles. The molecular formula is C15H19N3S. The van der Waals surface area contributed by atoms with Crippen LogP contribution in [0.5, 0.6) is 0 Å². The van der Waals surface area contributed by atoms with E-state index in [1.54, 1.807) is 6.33 Å². The summed E-state index contributed by atoms with van der Waals surface area (Å²) < 4.78 is 0. The van der Waals surface area contributed by atoms with E-state index in [0.717, 1.165) is 31.6 Å². The second-order valence-electron chi connectivity index (χ2n) is 4.93. The summed E-state index contributed by atoms with van der Waals surface area (Å²) in [5.74, 6) is 1.04. The van der Waals surface area contributed by atoms with Crippen LogP contribution >= 0.6 is 11.3 Å². The van der Waals surface area contributed by atoms with Gasteiger partial charge in [0.2, 0.25) is 0 Å². The standard InChI is InChI=1S/C15H19N3S/c1-2-11-7-8-12(19-11)9-16-15-13-5-3-4-6-14(13)17-10-18-15/h7-8,10H,2-6,9H2,1H3,(H,16,17,18). The minimum absolute atomic E-state index is 0.869. The molecule has 3 rings (SSSR count). The van der Waals surface area contributed by atoms with Gasteiger partial charge in [-0.3, -0.25) is 0 Å². The van der Waals surface area contributed by atoms with E-state index < -0.39 is 0 Å². The Labute approximate surface area is 118 Å². The van der Waals surface area contributed by atoms with Gasteiger partial charge in [-0.25, -0.2) is 9.97 Å². The van der Waals surface area contributed by atoms with Crippen molar-refractivity contribution < 1.29 is 0 Å². The Morgan fingerprint density at radius 2 is 2.00 bits per heavy atom. The molecule has 0 aliphatic heterocycles. The number of fused-ring (bicyclic) bond motifs is 1. The van der Waals surface area contributed by atoms with Gasteiger partial charge in [0.25, 0.3) is 0 Å². The third-order valence-electron chi connectivity index (χ3n) is 3.62. The molecule has 19 heavy (non-hydrogen) atoms. The molecule has 100 valence electrons. The molecule has 1 aliphatic carbocycles. The van der Waals surface area contributed by atoms with E-state index in [0.29, 0.717) is 0 Å². The fourth-order valence-electron chi connectivity index (χ4n) is 2.55. The second-order valence-corrected chi connectivity index (χ2v) is 6.18. The molecule has 1 N–H and O–H groups in total. The first kappa shape index (κ1) is 12.6. The number of nitrogens with zero attached hydrogens (tertiary/aromatic N) is 2. The lowest BCUT2D eigenvalue weighted by Crippen LogP contribution is -2.11. The summed E-state index contributed by atoms with van der Waals surface area (Å²) in [5.41, 5.74) is 2.57. The molecule has 0 saturated heterocycles. The first-order valence-corrected chi connectivity index (χ1v) is 7.82. The lowest BCUT2D eigenvalue weighted by atomic mass is 9.96. The predicted octanol–water partition coefficient (Wildman–Crippen LogP) is 3.59. The fraction of sp³-hybridized carbons (Fsp3) is 0.467. The highest BCUT2D eigenvalue weighted by atomic mass is 32.1. The molecule has 2 aromatic rings. The third kappa shape index (κ3) is 2.78. The number of thiophene rings is 1. The Morgan fingerprint density at radius 3 is 2.84 bits per heavy atom. The van der Waals surface area contributed by atoms with Gasteiger partial charge in [0.15, 0.2) is 0 Å². The monoisotopic (exact) mass is 273 g/mol. The molecule has 0 spiro atoms. The lowest BCUT2D eigenvalue weighted by Gasteiger charge is -2.17. The zero-order valence-corrected chi connectivity index (χ0v) is 12.1. The third-order valence-corrected chi connectivity index (χ3v) is 4.85. The van der Waals surface area contributed by atoms with Crippen LogP contribution in [0.3, 0.4) is 0 Å². The maximum Gasteiger partial charge on any atom is 0.133 e. The van der Waals surface area contributed by atoms with E-state index in [4.69, 9.17) is 0 Å². The van der Waals surface area contributed by atoms with Crippen LogP contribution in [-0.2, 0) is 25.8 Å². The minimum atomic E-state index is 0.869. The van der Waals surface area contributed by atoms with Crippen LogP contribution in [0.4, 0.5) is 5.82 Å². The summed E-state index contributed by atoms with van der Waals surface area (Å²) in [4.78, 5) is 11.6. The molecule has 0 radical (unpaired) electrons. The van der Waals surface area contributed by atoms with Gasteiger partial charge in [0, 0.05) is 21.0 Å². The summed E-state index contributed by atoms with van der Waals surface area (Å²) in [7, 11) is 0. The van der Waals surface area contributed by atoms with Crippen LogP contribution in [0.15, 0.2) is 18.5 Å². The number of aryl methyl sites for hydroxylation is 2. The molecule has 0 unspecified atom stereocenters. The van der Waals surface area contributed by atoms with Gasteiger partial charge >= 0.3 is 0 Å². The zero-order chi connectivity index (χ0) is 13.1. The topological polar surface area (TPSA) is 37.8 Å². The van der Waals surface area contributed by atoms with E-state index in [2.05, 4.69) is 34.3 Å². The highest BCUT2D eigenvalue weighted by Gasteiger charge is 2.15. The maximum absolute atomic E-state index is 4.42. The van der Waals surface area contributed by atoms with Crippen LogP contribution in [0, 0.1) is 0 Å². The van der Waals surface area contributed by atoms with Crippen molar-refractivity contribution in [1.29, 1.82) is 0 Å². The number of hydrogen-bond donors (Lipinski definition) is 1. The lowest BCUT2D eigenvalue weighted by molar-refractivity contribution is 0.663. The smallest absolute Gasteiger partial charge is 0.133 e. The summed E-state index contributed by atoms with van der Waals surface area (Å²) in [5, 5.41) is 3.49. The summed E-state index contributed by atoms with van der Waals surface area (Å²) in [6.45, 7) is 3.07. The molecule has 0 saturated carbocycles. The van der Waals surface area contributed by atoms with Crippen LogP contribution in [0.2, 0.25) is 0 Å². The highest BCUT2D eigenvalue weighted by molar-refractivity contribution is 7.12. The normalized spacial score (nSPS) is 14.2. The zero-order valence-electron chi connectivity index (χ0n) is 11.3. The fourth-order valence-corrected chi connectivity index (χ4v) is 3.45. The Balaban J connectivity index is 1.73. The van der Waals surface area contributed by atoms with Crippen molar-refractivity contribution in [3.05, 3.63) is 39.5 Å². The van der Waals surface area contributed by atoms with Gasteiger partial charge in [-0.15, -0.1) is 11.3 Å². The molecule has 0 amide bonds. The van der Waals surface area contributed by atoms with E-state index in [9.17, 15) is 0 Å². The minimum Gasteiger partial charge on any atom is -0.365 e. The van der Waals surface area contributed by atoms with Gasteiger partial charge in [0.05, 0.1) is 6.54 Å². The molecular weight excluding hydrogens is 254 g/mol. The van der Waals surface area contributed by atoms with Crippen LogP contribution in [0.1, 0.15) is 40.8 Å². The average Bonchev–Trinajstić information content (AvgIpc) is 2.93. The predicted molar refractivity (Wildman–Crippen MR) is 79.7 cm³/mol. The SMILES string of the molecule is CCc1ccc(CNc2ncnc3c2CCCC3)s1. The van der Waals surface area contributed by atoms with Crippen molar-refractivity contribution >= 4 is 17.2 Å². The Kier molecular flexibility index (Phi) is 3.78. The van der Waals surface area contributed by atoms with Gasteiger partial charge in [-0.2, -0.15) is 0 Å². The first-order valence-electron chi connectivity index (χ1n) is 7.01. The van der Waals surface area contributed by atoms with Crippen LogP contribution < -0.4 is 5.32 Å².